The van der Waals surface area contributed by atoms with Gasteiger partial charge in [-0.05, 0) is 82.2 Å². The molecule has 0 bridgehead atoms. The standard InChI is InChI=1S/C32H47FN2O4/c1-24(2)20-25(22-34-3)21-30(36)35-18-11-12-26(23-35)32(37,17-8-9-19-38-4)28-15-10-16-29(33)31(28)39-27-13-6-5-7-14-27/h5-7,10,13-16,24-26,34,37H,8-9,11-12,17-23H2,1-4H3/t25-,26-,32+/m1/s1. The van der Waals surface area contributed by atoms with Crippen LogP contribution in [0.4, 0.5) is 4.39 Å². The molecule has 1 amide bonds. The first-order valence-electron chi connectivity index (χ1n) is 14.4. The van der Waals surface area contributed by atoms with E-state index >= 15 is 4.39 Å². The van der Waals surface area contributed by atoms with Crippen LogP contribution in [0, 0.1) is 23.6 Å². The Labute approximate surface area is 233 Å². The Bertz CT molecular complexity index is 1020. The molecule has 0 aliphatic carbocycles. The van der Waals surface area contributed by atoms with E-state index in [1.54, 1.807) is 31.4 Å². The lowest BCUT2D eigenvalue weighted by molar-refractivity contribution is -0.138. The first kappa shape index (κ1) is 31.1. The zero-order valence-corrected chi connectivity index (χ0v) is 24.1. The number of carbonyl (C=O) groups is 1. The summed E-state index contributed by atoms with van der Waals surface area (Å²) in [6, 6.07) is 13.8. The van der Waals surface area contributed by atoms with Gasteiger partial charge in [-0.25, -0.2) is 4.39 Å². The second kappa shape index (κ2) is 15.3. The summed E-state index contributed by atoms with van der Waals surface area (Å²) in [5.41, 5.74) is -0.919. The van der Waals surface area contributed by atoms with E-state index < -0.39 is 11.4 Å². The SMILES string of the molecule is CNC[C@@H](CC(=O)N1CCC[C@@H]([C@@](O)(CCCCOC)c2cccc(F)c2Oc2ccccc2)C1)CC(C)C. The molecule has 7 heteroatoms. The highest BCUT2D eigenvalue weighted by molar-refractivity contribution is 5.76. The number of aliphatic hydroxyl groups is 1. The molecule has 1 aliphatic rings. The van der Waals surface area contributed by atoms with Crippen molar-refractivity contribution in [1.82, 2.24) is 10.2 Å². The van der Waals surface area contributed by atoms with Crippen LogP contribution in [0.1, 0.15) is 64.4 Å². The van der Waals surface area contributed by atoms with Crippen molar-refractivity contribution in [2.45, 2.75) is 64.4 Å². The summed E-state index contributed by atoms with van der Waals surface area (Å²) < 4.78 is 26.6. The van der Waals surface area contributed by atoms with Crippen molar-refractivity contribution in [3.8, 4) is 11.5 Å². The van der Waals surface area contributed by atoms with E-state index in [9.17, 15) is 9.90 Å². The molecule has 1 saturated heterocycles. The van der Waals surface area contributed by atoms with Crippen LogP contribution in [0.2, 0.25) is 0 Å². The number of rotatable bonds is 15. The number of hydrogen-bond donors (Lipinski definition) is 2. The predicted molar refractivity (Wildman–Crippen MR) is 153 cm³/mol. The summed E-state index contributed by atoms with van der Waals surface area (Å²) >= 11 is 0. The molecular weight excluding hydrogens is 495 g/mol. The number of benzene rings is 2. The van der Waals surface area contributed by atoms with Gasteiger partial charge < -0.3 is 24.8 Å². The summed E-state index contributed by atoms with van der Waals surface area (Å²) in [6.45, 7) is 6.87. The first-order valence-corrected chi connectivity index (χ1v) is 14.4. The Balaban J connectivity index is 1.89. The van der Waals surface area contributed by atoms with Crippen molar-refractivity contribution < 1.29 is 23.8 Å². The number of nitrogens with one attached hydrogen (secondary N) is 1. The van der Waals surface area contributed by atoms with Crippen molar-refractivity contribution in [2.75, 3.05) is 40.4 Å². The van der Waals surface area contributed by atoms with Crippen molar-refractivity contribution >= 4 is 5.91 Å². The minimum atomic E-state index is -1.36. The van der Waals surface area contributed by atoms with Gasteiger partial charge in [0, 0.05) is 44.7 Å². The molecule has 3 atom stereocenters. The average molecular weight is 543 g/mol. The van der Waals surface area contributed by atoms with Gasteiger partial charge in [0.05, 0.1) is 5.60 Å². The van der Waals surface area contributed by atoms with E-state index in [4.69, 9.17) is 9.47 Å². The molecule has 3 rings (SSSR count). The quantitative estimate of drug-likeness (QED) is 0.265. The number of amides is 1. The monoisotopic (exact) mass is 542 g/mol. The van der Waals surface area contributed by atoms with E-state index in [-0.39, 0.29) is 23.5 Å². The number of hydrogen-bond acceptors (Lipinski definition) is 5. The van der Waals surface area contributed by atoms with Gasteiger partial charge in [-0.1, -0.05) is 44.2 Å². The molecule has 1 fully saturated rings. The van der Waals surface area contributed by atoms with Gasteiger partial charge in [0.2, 0.25) is 5.91 Å². The highest BCUT2D eigenvalue weighted by Gasteiger charge is 2.43. The summed E-state index contributed by atoms with van der Waals surface area (Å²) in [7, 11) is 3.59. The molecule has 0 radical (unpaired) electrons. The third kappa shape index (κ3) is 8.75. The topological polar surface area (TPSA) is 71.0 Å². The van der Waals surface area contributed by atoms with Crippen molar-refractivity contribution in [1.29, 1.82) is 0 Å². The van der Waals surface area contributed by atoms with Crippen molar-refractivity contribution in [3.63, 3.8) is 0 Å². The van der Waals surface area contributed by atoms with E-state index in [0.29, 0.717) is 56.2 Å². The van der Waals surface area contributed by atoms with Crippen LogP contribution in [0.5, 0.6) is 11.5 Å². The number of methoxy groups -OCH3 is 1. The highest BCUT2D eigenvalue weighted by atomic mass is 19.1. The van der Waals surface area contributed by atoms with Gasteiger partial charge in [-0.3, -0.25) is 4.79 Å². The minimum absolute atomic E-state index is 0.0485. The third-order valence-corrected chi connectivity index (χ3v) is 7.76. The average Bonchev–Trinajstić information content (AvgIpc) is 2.92. The normalized spacial score (nSPS) is 18.1. The second-order valence-corrected chi connectivity index (χ2v) is 11.3. The molecule has 2 N–H and O–H groups in total. The molecular formula is C32H47FN2O4. The lowest BCUT2D eigenvalue weighted by Crippen LogP contribution is -2.48. The minimum Gasteiger partial charge on any atom is -0.454 e. The van der Waals surface area contributed by atoms with Crippen LogP contribution in [0.25, 0.3) is 0 Å². The molecule has 1 aliphatic heterocycles. The Morgan fingerprint density at radius 1 is 1.18 bits per heavy atom. The number of nitrogens with zero attached hydrogens (tertiary/aromatic N) is 1. The number of unbranched alkanes of at least 4 members (excludes halogenated alkanes) is 1. The molecule has 0 unspecified atom stereocenters. The van der Waals surface area contributed by atoms with E-state index in [1.165, 1.54) is 6.07 Å². The van der Waals surface area contributed by atoms with Crippen LogP contribution in [-0.2, 0) is 15.1 Å². The number of halogens is 1. The third-order valence-electron chi connectivity index (χ3n) is 7.76. The maximum atomic E-state index is 15.3. The lowest BCUT2D eigenvalue weighted by Gasteiger charge is -2.43. The Morgan fingerprint density at radius 2 is 1.95 bits per heavy atom. The summed E-state index contributed by atoms with van der Waals surface area (Å²) in [5.74, 6) is 0.703. The molecule has 39 heavy (non-hydrogen) atoms. The number of para-hydroxylation sites is 2. The fourth-order valence-electron chi connectivity index (χ4n) is 5.92. The van der Waals surface area contributed by atoms with Gasteiger partial charge in [0.15, 0.2) is 11.6 Å². The smallest absolute Gasteiger partial charge is 0.222 e. The van der Waals surface area contributed by atoms with Gasteiger partial charge in [-0.2, -0.15) is 0 Å². The van der Waals surface area contributed by atoms with Gasteiger partial charge in [0.25, 0.3) is 0 Å². The van der Waals surface area contributed by atoms with Gasteiger partial charge >= 0.3 is 0 Å². The van der Waals surface area contributed by atoms with Crippen LogP contribution in [-0.4, -0.2) is 56.3 Å². The zero-order chi connectivity index (χ0) is 28.3. The summed E-state index contributed by atoms with van der Waals surface area (Å²) in [4.78, 5) is 15.4. The molecule has 0 spiro atoms. The number of carbonyl (C=O) groups excluding carboxylic acids is 1. The molecule has 2 aromatic rings. The first-order chi connectivity index (χ1) is 18.8. The largest absolute Gasteiger partial charge is 0.454 e. The Morgan fingerprint density at radius 3 is 2.64 bits per heavy atom. The Hall–Kier alpha value is -2.48. The summed E-state index contributed by atoms with van der Waals surface area (Å²) in [5, 5.41) is 15.7. The number of likely N-dealkylation sites (tertiary alicyclic amines) is 1. The Kier molecular flexibility index (Phi) is 12.2. The molecule has 0 aromatic heterocycles. The van der Waals surface area contributed by atoms with Gasteiger partial charge in [-0.15, -0.1) is 0 Å². The zero-order valence-electron chi connectivity index (χ0n) is 24.1. The van der Waals surface area contributed by atoms with Crippen LogP contribution >= 0.6 is 0 Å². The molecule has 2 aromatic carbocycles. The van der Waals surface area contributed by atoms with E-state index in [1.807, 2.05) is 30.1 Å². The number of ether oxygens (including phenoxy) is 2. The van der Waals surface area contributed by atoms with Gasteiger partial charge in [0.1, 0.15) is 5.75 Å². The molecule has 0 saturated carbocycles. The maximum Gasteiger partial charge on any atom is 0.222 e. The number of piperidine rings is 1. The predicted octanol–water partition coefficient (Wildman–Crippen LogP) is 6.13. The van der Waals surface area contributed by atoms with E-state index in [2.05, 4.69) is 19.2 Å². The van der Waals surface area contributed by atoms with E-state index in [0.717, 1.165) is 32.2 Å². The lowest BCUT2D eigenvalue weighted by atomic mass is 9.73. The fraction of sp³-hybridized carbons (Fsp3) is 0.594. The van der Waals surface area contributed by atoms with Crippen LogP contribution in [0.15, 0.2) is 48.5 Å². The second-order valence-electron chi connectivity index (χ2n) is 11.3. The van der Waals surface area contributed by atoms with Crippen molar-refractivity contribution in [3.05, 3.63) is 59.9 Å². The van der Waals surface area contributed by atoms with Crippen molar-refractivity contribution in [2.24, 2.45) is 17.8 Å². The summed E-state index contributed by atoms with van der Waals surface area (Å²) in [6.07, 6.45) is 4.91. The molecule has 6 nitrogen and oxygen atoms in total. The molecule has 1 heterocycles. The van der Waals surface area contributed by atoms with Crippen LogP contribution < -0.4 is 10.1 Å². The maximum absolute atomic E-state index is 15.3. The van der Waals surface area contributed by atoms with Crippen LogP contribution in [0.3, 0.4) is 0 Å². The molecule has 216 valence electrons. The highest BCUT2D eigenvalue weighted by Crippen LogP contribution is 2.45. The fourth-order valence-corrected chi connectivity index (χ4v) is 5.92.